The van der Waals surface area contributed by atoms with Crippen LogP contribution in [0.25, 0.3) is 0 Å². The van der Waals surface area contributed by atoms with Crippen LogP contribution in [0.15, 0.2) is 121 Å². The van der Waals surface area contributed by atoms with Gasteiger partial charge in [0.25, 0.3) is 11.8 Å². The molecule has 2 saturated heterocycles. The number of allylic oxidation sites excluding steroid dienone is 2. The molecule has 0 aromatic heterocycles. The highest BCUT2D eigenvalue weighted by molar-refractivity contribution is 6.36. The number of ketones is 1. The molecule has 0 unspecified atom stereocenters. The van der Waals surface area contributed by atoms with Gasteiger partial charge in [0.15, 0.2) is 17.3 Å². The minimum atomic E-state index is -1.66. The predicted octanol–water partition coefficient (Wildman–Crippen LogP) is 8.79. The number of nitrogens with one attached hydrogen (secondary N) is 1. The van der Waals surface area contributed by atoms with Gasteiger partial charge in [-0.1, -0.05) is 88.9 Å². The standard InChI is InChI=1S/C47H36Cl3N3O8/c1-60-30-15-10-27(11-16-30)47-34(44(57)53(46(47)59)51-37-19-12-28(48)22-35(37)49)23-33-31(40(47)26-20-36(50)42(55)38(21-26)61-2)17-18-32-39(33)45(58)52(43(32)56)29-13-8-25(9-14-29)41(54)24-6-4-3-5-7-24/h3-17,19-22,32-34,39-40,51,55H,18,23H2,1-2H3/t32-,33+,34-,39-,40-,47+/m0/s1. The van der Waals surface area contributed by atoms with Crippen molar-refractivity contribution in [3.63, 3.8) is 0 Å². The predicted molar refractivity (Wildman–Crippen MR) is 229 cm³/mol. The second kappa shape index (κ2) is 15.4. The topological polar surface area (TPSA) is 143 Å². The number of anilines is 2. The van der Waals surface area contributed by atoms with Crippen LogP contribution in [0.5, 0.6) is 17.2 Å². The van der Waals surface area contributed by atoms with Gasteiger partial charge >= 0.3 is 0 Å². The second-order valence-corrected chi connectivity index (χ2v) is 16.8. The third kappa shape index (κ3) is 6.28. The Hall–Kier alpha value is -6.14. The van der Waals surface area contributed by atoms with Crippen LogP contribution in [0, 0.1) is 23.7 Å². The minimum absolute atomic E-state index is 0.0208. The van der Waals surface area contributed by atoms with Gasteiger partial charge in [-0.25, -0.2) is 0 Å². The average molecular weight is 877 g/mol. The molecule has 308 valence electrons. The highest BCUT2D eigenvalue weighted by Crippen LogP contribution is 2.65. The number of amides is 4. The van der Waals surface area contributed by atoms with Crippen molar-refractivity contribution in [3.8, 4) is 17.2 Å². The van der Waals surface area contributed by atoms with Crippen molar-refractivity contribution in [1.82, 2.24) is 5.01 Å². The van der Waals surface area contributed by atoms with Crippen molar-refractivity contribution in [2.45, 2.75) is 24.2 Å². The number of ether oxygens (including phenoxy) is 2. The number of fused-ring (bicyclic) bond motifs is 4. The number of aromatic hydroxyl groups is 1. The van der Waals surface area contributed by atoms with Crippen molar-refractivity contribution in [2.75, 3.05) is 24.5 Å². The van der Waals surface area contributed by atoms with Gasteiger partial charge in [-0.15, -0.1) is 0 Å². The van der Waals surface area contributed by atoms with Gasteiger partial charge in [0.1, 0.15) is 5.75 Å². The molecule has 5 aromatic rings. The molecular weight excluding hydrogens is 841 g/mol. The third-order valence-corrected chi connectivity index (χ3v) is 13.4. The lowest BCUT2D eigenvalue weighted by Gasteiger charge is -2.50. The summed E-state index contributed by atoms with van der Waals surface area (Å²) >= 11 is 19.5. The van der Waals surface area contributed by atoms with Gasteiger partial charge in [-0.2, -0.15) is 5.01 Å². The van der Waals surface area contributed by atoms with Gasteiger partial charge in [0.2, 0.25) is 11.8 Å². The first kappa shape index (κ1) is 40.3. The maximum absolute atomic E-state index is 15.6. The van der Waals surface area contributed by atoms with Crippen molar-refractivity contribution >= 4 is 75.6 Å². The highest BCUT2D eigenvalue weighted by atomic mass is 35.5. The summed E-state index contributed by atoms with van der Waals surface area (Å²) in [6.07, 6.45) is 2.09. The second-order valence-electron chi connectivity index (χ2n) is 15.5. The lowest BCUT2D eigenvalue weighted by molar-refractivity contribution is -0.138. The number of imide groups is 2. The van der Waals surface area contributed by atoms with Gasteiger partial charge in [-0.3, -0.25) is 34.3 Å². The average Bonchev–Trinajstić information content (AvgIpc) is 3.65. The Labute approximate surface area is 365 Å². The van der Waals surface area contributed by atoms with Crippen LogP contribution in [0.1, 0.15) is 45.8 Å². The minimum Gasteiger partial charge on any atom is -0.503 e. The molecule has 2 aliphatic heterocycles. The van der Waals surface area contributed by atoms with Crippen LogP contribution in [0.4, 0.5) is 11.4 Å². The normalized spacial score (nSPS) is 24.2. The smallest absolute Gasteiger partial charge is 0.260 e. The maximum Gasteiger partial charge on any atom is 0.260 e. The number of halogens is 3. The fraction of sp³-hybridized carbons (Fsp3) is 0.213. The van der Waals surface area contributed by atoms with Gasteiger partial charge < -0.3 is 14.6 Å². The summed E-state index contributed by atoms with van der Waals surface area (Å²) in [4.78, 5) is 74.2. The number of hydrazine groups is 1. The number of benzene rings is 5. The van der Waals surface area contributed by atoms with Crippen LogP contribution in [-0.4, -0.2) is 53.7 Å². The first-order valence-electron chi connectivity index (χ1n) is 19.5. The van der Waals surface area contributed by atoms with Gasteiger partial charge in [0.05, 0.1) is 58.8 Å². The quantitative estimate of drug-likeness (QED) is 0.0844. The fourth-order valence-corrected chi connectivity index (χ4v) is 10.6. The molecule has 0 radical (unpaired) electrons. The van der Waals surface area contributed by atoms with E-state index in [-0.39, 0.29) is 45.9 Å². The van der Waals surface area contributed by atoms with E-state index in [1.807, 2.05) is 12.1 Å². The summed E-state index contributed by atoms with van der Waals surface area (Å²) in [6.45, 7) is 0. The molecule has 14 heteroatoms. The zero-order valence-corrected chi connectivity index (χ0v) is 34.9. The molecular formula is C47H36Cl3N3O8. The lowest BCUT2D eigenvalue weighted by Crippen LogP contribution is -2.53. The Balaban J connectivity index is 1.18. The number of nitrogens with zero attached hydrogens (tertiary/aromatic N) is 2. The SMILES string of the molecule is COc1ccc([C@@]23C(=O)N(Nc4ccc(Cl)cc4Cl)C(=O)[C@@H]2C[C@@H]2C(=CC[C@@H]4C(=O)N(c5ccc(C(=O)c6ccccc6)cc5)C(=O)[C@@H]42)[C@@H]3c2cc(Cl)c(O)c(OC)c2)cc1. The number of phenolic OH excluding ortho intramolecular Hbond substituents is 1. The highest BCUT2D eigenvalue weighted by Gasteiger charge is 2.70. The van der Waals surface area contributed by atoms with Crippen LogP contribution < -0.4 is 19.8 Å². The van der Waals surface area contributed by atoms with E-state index in [4.69, 9.17) is 44.3 Å². The Morgan fingerprint density at radius 1 is 0.770 bits per heavy atom. The van der Waals surface area contributed by atoms with Crippen molar-refractivity contribution in [1.29, 1.82) is 0 Å². The molecule has 4 aliphatic rings. The molecule has 0 bridgehead atoms. The van der Waals surface area contributed by atoms with Crippen LogP contribution in [0.2, 0.25) is 15.1 Å². The molecule has 11 nitrogen and oxygen atoms in total. The monoisotopic (exact) mass is 875 g/mol. The van der Waals surface area contributed by atoms with Crippen molar-refractivity contribution in [3.05, 3.63) is 158 Å². The molecule has 9 rings (SSSR count). The number of rotatable bonds is 9. The fourth-order valence-electron chi connectivity index (χ4n) is 9.91. The molecule has 2 heterocycles. The summed E-state index contributed by atoms with van der Waals surface area (Å²) < 4.78 is 11.0. The zero-order chi connectivity index (χ0) is 42.9. The van der Waals surface area contributed by atoms with E-state index in [2.05, 4.69) is 5.43 Å². The van der Waals surface area contributed by atoms with Gasteiger partial charge in [0, 0.05) is 22.1 Å². The van der Waals surface area contributed by atoms with E-state index >= 15 is 9.59 Å². The van der Waals surface area contributed by atoms with E-state index in [1.165, 1.54) is 31.3 Å². The van der Waals surface area contributed by atoms with Crippen LogP contribution in [0.3, 0.4) is 0 Å². The Morgan fingerprint density at radius 2 is 1.48 bits per heavy atom. The third-order valence-electron chi connectivity index (χ3n) is 12.6. The molecule has 4 amide bonds. The molecule has 2 aliphatic carbocycles. The summed E-state index contributed by atoms with van der Waals surface area (Å²) in [7, 11) is 2.89. The molecule has 2 N–H and O–H groups in total. The molecule has 1 saturated carbocycles. The first-order valence-corrected chi connectivity index (χ1v) is 20.6. The molecule has 5 aromatic carbocycles. The summed E-state index contributed by atoms with van der Waals surface area (Å²) in [5.74, 6) is -6.45. The molecule has 61 heavy (non-hydrogen) atoms. The molecule has 6 atom stereocenters. The van der Waals surface area contributed by atoms with Crippen molar-refractivity contribution < 1.29 is 38.6 Å². The number of carbonyl (C=O) groups excluding carboxylic acids is 5. The van der Waals surface area contributed by atoms with E-state index in [9.17, 15) is 19.5 Å². The van der Waals surface area contributed by atoms with E-state index in [0.29, 0.717) is 44.3 Å². The molecule has 0 spiro atoms. The number of hydrogen-bond donors (Lipinski definition) is 2. The first-order chi connectivity index (χ1) is 29.4. The van der Waals surface area contributed by atoms with Crippen LogP contribution in [-0.2, 0) is 24.6 Å². The summed E-state index contributed by atoms with van der Waals surface area (Å²) in [5.41, 5.74) is 4.36. The largest absolute Gasteiger partial charge is 0.503 e. The van der Waals surface area contributed by atoms with E-state index in [1.54, 1.807) is 91.0 Å². The van der Waals surface area contributed by atoms with Crippen molar-refractivity contribution in [2.24, 2.45) is 23.7 Å². The Morgan fingerprint density at radius 3 is 2.15 bits per heavy atom. The van der Waals surface area contributed by atoms with E-state index in [0.717, 1.165) is 5.01 Å². The number of phenols is 1. The Kier molecular flexibility index (Phi) is 10.2. The number of carbonyl (C=O) groups is 5. The lowest BCUT2D eigenvalue weighted by atomic mass is 9.49. The van der Waals surface area contributed by atoms with E-state index < -0.39 is 58.6 Å². The zero-order valence-electron chi connectivity index (χ0n) is 32.6. The maximum atomic E-state index is 15.6. The summed E-state index contributed by atoms with van der Waals surface area (Å²) in [5, 5.41) is 12.3. The number of hydrogen-bond acceptors (Lipinski definition) is 9. The number of methoxy groups -OCH3 is 2. The van der Waals surface area contributed by atoms with Gasteiger partial charge in [-0.05, 0) is 96.6 Å². The Bertz CT molecular complexity index is 2690. The van der Waals surface area contributed by atoms with Crippen LogP contribution >= 0.6 is 34.8 Å². The molecule has 3 fully saturated rings. The summed E-state index contributed by atoms with van der Waals surface area (Å²) in [6, 6.07) is 29.8.